The van der Waals surface area contributed by atoms with E-state index in [1.807, 2.05) is 10.8 Å². The van der Waals surface area contributed by atoms with Crippen molar-refractivity contribution < 1.29 is 4.79 Å². The SMILES string of the molecule is CN(C)C(=O)C1CCNCc2nccn21. The van der Waals surface area contributed by atoms with E-state index in [1.54, 1.807) is 25.2 Å². The highest BCUT2D eigenvalue weighted by molar-refractivity contribution is 5.80. The minimum absolute atomic E-state index is 0.104. The zero-order valence-electron chi connectivity index (χ0n) is 9.10. The maximum absolute atomic E-state index is 12.0. The largest absolute Gasteiger partial charge is 0.347 e. The van der Waals surface area contributed by atoms with Gasteiger partial charge in [-0.1, -0.05) is 0 Å². The molecule has 15 heavy (non-hydrogen) atoms. The van der Waals surface area contributed by atoms with Crippen LogP contribution in [0.1, 0.15) is 18.3 Å². The summed E-state index contributed by atoms with van der Waals surface area (Å²) in [5.41, 5.74) is 0. The molecule has 0 spiro atoms. The van der Waals surface area contributed by atoms with Crippen LogP contribution in [-0.2, 0) is 11.3 Å². The fourth-order valence-electron chi connectivity index (χ4n) is 1.88. The van der Waals surface area contributed by atoms with Crippen molar-refractivity contribution in [3.8, 4) is 0 Å². The third kappa shape index (κ3) is 1.87. The molecule has 1 unspecified atom stereocenters. The van der Waals surface area contributed by atoms with E-state index in [-0.39, 0.29) is 11.9 Å². The van der Waals surface area contributed by atoms with Gasteiger partial charge < -0.3 is 14.8 Å². The Morgan fingerprint density at radius 3 is 3.20 bits per heavy atom. The number of imidazole rings is 1. The number of aromatic nitrogens is 2. The summed E-state index contributed by atoms with van der Waals surface area (Å²) in [6.45, 7) is 1.60. The minimum Gasteiger partial charge on any atom is -0.347 e. The molecule has 2 heterocycles. The van der Waals surface area contributed by atoms with Crippen molar-refractivity contribution in [3.63, 3.8) is 0 Å². The van der Waals surface area contributed by atoms with Gasteiger partial charge in [-0.05, 0) is 13.0 Å². The molecule has 0 saturated heterocycles. The second kappa shape index (κ2) is 4.02. The molecular weight excluding hydrogens is 192 g/mol. The van der Waals surface area contributed by atoms with E-state index in [9.17, 15) is 4.79 Å². The van der Waals surface area contributed by atoms with E-state index in [2.05, 4.69) is 10.3 Å². The zero-order valence-corrected chi connectivity index (χ0v) is 9.10. The summed E-state index contributed by atoms with van der Waals surface area (Å²) < 4.78 is 1.97. The lowest BCUT2D eigenvalue weighted by atomic mass is 10.2. The Kier molecular flexibility index (Phi) is 2.73. The van der Waals surface area contributed by atoms with E-state index < -0.39 is 0 Å². The molecule has 1 aliphatic rings. The van der Waals surface area contributed by atoms with Crippen LogP contribution < -0.4 is 5.32 Å². The van der Waals surface area contributed by atoms with Crippen molar-refractivity contribution in [2.24, 2.45) is 0 Å². The lowest BCUT2D eigenvalue weighted by Gasteiger charge is -2.21. The highest BCUT2D eigenvalue weighted by Gasteiger charge is 2.25. The third-order valence-corrected chi connectivity index (χ3v) is 2.69. The fraction of sp³-hybridized carbons (Fsp3) is 0.600. The number of carbonyl (C=O) groups is 1. The molecule has 82 valence electrons. The Bertz CT molecular complexity index is 358. The van der Waals surface area contributed by atoms with Gasteiger partial charge in [0.2, 0.25) is 5.91 Å². The summed E-state index contributed by atoms with van der Waals surface area (Å²) in [5.74, 6) is 1.07. The van der Waals surface area contributed by atoms with Crippen molar-refractivity contribution in [1.29, 1.82) is 0 Å². The summed E-state index contributed by atoms with van der Waals surface area (Å²) >= 11 is 0. The minimum atomic E-state index is -0.104. The second-order valence-electron chi connectivity index (χ2n) is 3.96. The monoisotopic (exact) mass is 208 g/mol. The van der Waals surface area contributed by atoms with Crippen LogP contribution in [0.15, 0.2) is 12.4 Å². The topological polar surface area (TPSA) is 50.2 Å². The van der Waals surface area contributed by atoms with Crippen LogP contribution in [0.4, 0.5) is 0 Å². The van der Waals surface area contributed by atoms with Crippen LogP contribution in [0.5, 0.6) is 0 Å². The summed E-state index contributed by atoms with van der Waals surface area (Å²) in [7, 11) is 3.58. The highest BCUT2D eigenvalue weighted by Crippen LogP contribution is 2.18. The van der Waals surface area contributed by atoms with Crippen LogP contribution in [0.25, 0.3) is 0 Å². The molecule has 0 aromatic carbocycles. The first-order chi connectivity index (χ1) is 7.20. The molecule has 0 bridgehead atoms. The number of hydrogen-bond donors (Lipinski definition) is 1. The van der Waals surface area contributed by atoms with Crippen LogP contribution in [-0.4, -0.2) is 41.0 Å². The van der Waals surface area contributed by atoms with Crippen molar-refractivity contribution in [2.45, 2.75) is 19.0 Å². The van der Waals surface area contributed by atoms with Crippen molar-refractivity contribution in [2.75, 3.05) is 20.6 Å². The number of carbonyl (C=O) groups excluding carboxylic acids is 1. The van der Waals surface area contributed by atoms with E-state index in [0.29, 0.717) is 0 Å². The predicted molar refractivity (Wildman–Crippen MR) is 56.3 cm³/mol. The first kappa shape index (κ1) is 10.2. The van der Waals surface area contributed by atoms with Crippen LogP contribution in [0.3, 0.4) is 0 Å². The average Bonchev–Trinajstić information content (AvgIpc) is 2.57. The van der Waals surface area contributed by atoms with Gasteiger partial charge in [-0.3, -0.25) is 4.79 Å². The molecule has 2 rings (SSSR count). The van der Waals surface area contributed by atoms with Gasteiger partial charge in [-0.15, -0.1) is 0 Å². The lowest BCUT2D eigenvalue weighted by molar-refractivity contribution is -0.132. The van der Waals surface area contributed by atoms with E-state index in [1.165, 1.54) is 0 Å². The summed E-state index contributed by atoms with van der Waals surface area (Å²) in [6, 6.07) is -0.104. The van der Waals surface area contributed by atoms with Crippen molar-refractivity contribution in [3.05, 3.63) is 18.2 Å². The van der Waals surface area contributed by atoms with Gasteiger partial charge in [0.25, 0.3) is 0 Å². The standard InChI is InChI=1S/C10H16N4O/c1-13(2)10(15)8-3-4-11-7-9-12-5-6-14(8)9/h5-6,8,11H,3-4,7H2,1-2H3. The fourth-order valence-corrected chi connectivity index (χ4v) is 1.88. The molecule has 5 nitrogen and oxygen atoms in total. The number of amides is 1. The molecule has 1 aliphatic heterocycles. The zero-order chi connectivity index (χ0) is 10.8. The number of rotatable bonds is 1. The van der Waals surface area contributed by atoms with Crippen molar-refractivity contribution >= 4 is 5.91 Å². The molecule has 5 heteroatoms. The van der Waals surface area contributed by atoms with Crippen molar-refractivity contribution in [1.82, 2.24) is 19.8 Å². The van der Waals surface area contributed by atoms with Gasteiger partial charge in [0.05, 0.1) is 6.54 Å². The Hall–Kier alpha value is -1.36. The molecule has 1 N–H and O–H groups in total. The van der Waals surface area contributed by atoms with Crippen LogP contribution in [0.2, 0.25) is 0 Å². The number of likely N-dealkylation sites (N-methyl/N-ethyl adjacent to an activating group) is 1. The first-order valence-corrected chi connectivity index (χ1v) is 5.13. The Balaban J connectivity index is 2.30. The smallest absolute Gasteiger partial charge is 0.245 e. The van der Waals surface area contributed by atoms with E-state index in [0.717, 1.165) is 25.3 Å². The molecule has 0 fully saturated rings. The Morgan fingerprint density at radius 1 is 1.67 bits per heavy atom. The molecular formula is C10H16N4O. The van der Waals surface area contributed by atoms with Gasteiger partial charge in [0, 0.05) is 26.5 Å². The van der Waals surface area contributed by atoms with Gasteiger partial charge >= 0.3 is 0 Å². The molecule has 0 aliphatic carbocycles. The molecule has 1 aromatic rings. The maximum atomic E-state index is 12.0. The number of hydrogen-bond acceptors (Lipinski definition) is 3. The lowest BCUT2D eigenvalue weighted by Crippen LogP contribution is -2.32. The third-order valence-electron chi connectivity index (χ3n) is 2.69. The molecule has 0 radical (unpaired) electrons. The van der Waals surface area contributed by atoms with Gasteiger partial charge in [-0.2, -0.15) is 0 Å². The normalized spacial score (nSPS) is 20.5. The predicted octanol–water partition coefficient (Wildman–Crippen LogP) is 0.00570. The van der Waals surface area contributed by atoms with Gasteiger partial charge in [-0.25, -0.2) is 4.98 Å². The Labute approximate surface area is 89.1 Å². The van der Waals surface area contributed by atoms with Crippen LogP contribution >= 0.6 is 0 Å². The maximum Gasteiger partial charge on any atom is 0.245 e. The number of nitrogens with zero attached hydrogens (tertiary/aromatic N) is 3. The average molecular weight is 208 g/mol. The molecule has 1 aromatic heterocycles. The summed E-state index contributed by atoms with van der Waals surface area (Å²) in [5, 5.41) is 3.26. The highest BCUT2D eigenvalue weighted by atomic mass is 16.2. The summed E-state index contributed by atoms with van der Waals surface area (Å²) in [6.07, 6.45) is 4.45. The second-order valence-corrected chi connectivity index (χ2v) is 3.96. The number of nitrogens with one attached hydrogen (secondary N) is 1. The molecule has 1 atom stereocenters. The van der Waals surface area contributed by atoms with Crippen LogP contribution in [0, 0.1) is 0 Å². The van der Waals surface area contributed by atoms with E-state index in [4.69, 9.17) is 0 Å². The van der Waals surface area contributed by atoms with Gasteiger partial charge in [0.15, 0.2) is 0 Å². The summed E-state index contributed by atoms with van der Waals surface area (Å²) in [4.78, 5) is 17.8. The quantitative estimate of drug-likeness (QED) is 0.707. The number of fused-ring (bicyclic) bond motifs is 1. The molecule has 0 saturated carbocycles. The van der Waals surface area contributed by atoms with E-state index >= 15 is 0 Å². The first-order valence-electron chi connectivity index (χ1n) is 5.13. The molecule has 1 amide bonds. The van der Waals surface area contributed by atoms with Gasteiger partial charge in [0.1, 0.15) is 11.9 Å². The Morgan fingerprint density at radius 2 is 2.47 bits per heavy atom.